The van der Waals surface area contributed by atoms with Crippen LogP contribution < -0.4 is 5.56 Å². The van der Waals surface area contributed by atoms with Crippen LogP contribution in [0.3, 0.4) is 0 Å². The van der Waals surface area contributed by atoms with Crippen molar-refractivity contribution in [3.05, 3.63) is 58.3 Å². The van der Waals surface area contributed by atoms with E-state index in [2.05, 4.69) is 9.84 Å². The van der Waals surface area contributed by atoms with Gasteiger partial charge in [0.25, 0.3) is 5.56 Å². The molecule has 0 aliphatic carbocycles. The zero-order valence-electron chi connectivity index (χ0n) is 14.0. The fourth-order valence-corrected chi connectivity index (χ4v) is 2.50. The molecule has 3 aromatic heterocycles. The summed E-state index contributed by atoms with van der Waals surface area (Å²) in [6.07, 6.45) is 2.59. The minimum Gasteiger partial charge on any atom is -0.504 e. The molecule has 3 aromatic rings. The fraction of sp³-hybridized carbons (Fsp3) is 0.176. The van der Waals surface area contributed by atoms with Crippen LogP contribution in [0.5, 0.6) is 5.75 Å². The number of nitrogens with zero attached hydrogens (tertiary/aromatic N) is 3. The zero-order valence-corrected chi connectivity index (χ0v) is 14.0. The lowest BCUT2D eigenvalue weighted by Gasteiger charge is -2.10. The molecule has 0 amide bonds. The van der Waals surface area contributed by atoms with E-state index in [-0.39, 0.29) is 23.6 Å². The lowest BCUT2D eigenvalue weighted by molar-refractivity contribution is 0.0526. The van der Waals surface area contributed by atoms with Gasteiger partial charge < -0.3 is 14.6 Å². The van der Waals surface area contributed by atoms with E-state index < -0.39 is 23.2 Å². The Morgan fingerprint density at radius 3 is 2.73 bits per heavy atom. The summed E-state index contributed by atoms with van der Waals surface area (Å²) >= 11 is 0. The van der Waals surface area contributed by atoms with Crippen molar-refractivity contribution in [1.82, 2.24) is 14.2 Å². The van der Waals surface area contributed by atoms with Crippen molar-refractivity contribution >= 4 is 17.5 Å². The highest BCUT2D eigenvalue weighted by molar-refractivity contribution is 5.97. The van der Waals surface area contributed by atoms with Crippen LogP contribution in [0, 0.1) is 0 Å². The van der Waals surface area contributed by atoms with Gasteiger partial charge in [0.15, 0.2) is 5.75 Å². The van der Waals surface area contributed by atoms with Crippen molar-refractivity contribution in [3.63, 3.8) is 0 Å². The molecule has 0 aromatic carbocycles. The Labute approximate surface area is 147 Å². The molecule has 0 radical (unpaired) electrons. The molecule has 0 spiro atoms. The average Bonchev–Trinajstić information content (AvgIpc) is 3.03. The highest BCUT2D eigenvalue weighted by Gasteiger charge is 2.21. The number of pyridine rings is 2. The summed E-state index contributed by atoms with van der Waals surface area (Å²) < 4.78 is 11.9. The van der Waals surface area contributed by atoms with Gasteiger partial charge in [0.05, 0.1) is 31.0 Å². The smallest absolute Gasteiger partial charge is 0.362 e. The van der Waals surface area contributed by atoms with Crippen LogP contribution in [0.4, 0.5) is 0 Å². The fourth-order valence-electron chi connectivity index (χ4n) is 2.50. The van der Waals surface area contributed by atoms with E-state index in [1.165, 1.54) is 16.7 Å². The molecule has 0 atom stereocenters. The SMILES string of the molecule is CCOC(=O)c1cc(-n2cc(O)c(C(=O)OC)n2)c(=O)n2ccccc12. The predicted octanol–water partition coefficient (Wildman–Crippen LogP) is 1.15. The van der Waals surface area contributed by atoms with Crippen molar-refractivity contribution in [2.24, 2.45) is 0 Å². The number of carbonyl (C=O) groups excluding carboxylic acids is 2. The maximum atomic E-state index is 12.8. The molecule has 26 heavy (non-hydrogen) atoms. The van der Waals surface area contributed by atoms with Gasteiger partial charge in [-0.15, -0.1) is 0 Å². The summed E-state index contributed by atoms with van der Waals surface area (Å²) in [5.41, 5.74) is -0.363. The number of methoxy groups -OCH3 is 1. The normalized spacial score (nSPS) is 10.7. The zero-order chi connectivity index (χ0) is 18.8. The Kier molecular flexibility index (Phi) is 4.44. The minimum atomic E-state index is -0.854. The molecule has 0 saturated heterocycles. The van der Waals surface area contributed by atoms with Gasteiger partial charge in [-0.05, 0) is 25.1 Å². The van der Waals surface area contributed by atoms with Crippen LogP contribution >= 0.6 is 0 Å². The van der Waals surface area contributed by atoms with Gasteiger partial charge in [-0.1, -0.05) is 6.07 Å². The summed E-state index contributed by atoms with van der Waals surface area (Å²) in [4.78, 5) is 36.7. The molecule has 9 nitrogen and oxygen atoms in total. The topological polar surface area (TPSA) is 112 Å². The van der Waals surface area contributed by atoms with Crippen molar-refractivity contribution in [1.29, 1.82) is 0 Å². The van der Waals surface area contributed by atoms with E-state index in [1.807, 2.05) is 0 Å². The first kappa shape index (κ1) is 17.2. The van der Waals surface area contributed by atoms with Crippen molar-refractivity contribution in [2.45, 2.75) is 6.92 Å². The summed E-state index contributed by atoms with van der Waals surface area (Å²) in [6.45, 7) is 1.84. The van der Waals surface area contributed by atoms with Gasteiger partial charge in [0.2, 0.25) is 5.69 Å². The second-order valence-corrected chi connectivity index (χ2v) is 5.22. The number of aromatic nitrogens is 3. The van der Waals surface area contributed by atoms with E-state index in [1.54, 1.807) is 25.1 Å². The number of rotatable bonds is 4. The Morgan fingerprint density at radius 1 is 1.27 bits per heavy atom. The predicted molar refractivity (Wildman–Crippen MR) is 89.7 cm³/mol. The summed E-state index contributed by atoms with van der Waals surface area (Å²) in [5, 5.41) is 13.8. The van der Waals surface area contributed by atoms with Crippen LogP contribution in [-0.2, 0) is 9.47 Å². The van der Waals surface area contributed by atoms with Crippen molar-refractivity contribution in [2.75, 3.05) is 13.7 Å². The number of esters is 2. The first-order valence-electron chi connectivity index (χ1n) is 7.66. The molecular weight excluding hydrogens is 342 g/mol. The molecule has 9 heteroatoms. The van der Waals surface area contributed by atoms with Crippen LogP contribution in [0.1, 0.15) is 27.8 Å². The molecule has 3 heterocycles. The standard InChI is InChI=1S/C17H15N3O6/c1-3-26-16(23)10-8-12(15(22)19-7-5-4-6-11(10)19)20-9-13(21)14(18-20)17(24)25-2/h4-9,21H,3H2,1-2H3. The number of aromatic hydroxyl groups is 1. The van der Waals surface area contributed by atoms with Gasteiger partial charge in [-0.2, -0.15) is 5.10 Å². The van der Waals surface area contributed by atoms with E-state index in [0.29, 0.717) is 5.52 Å². The van der Waals surface area contributed by atoms with E-state index in [4.69, 9.17) is 4.74 Å². The quantitative estimate of drug-likeness (QED) is 0.697. The Balaban J connectivity index is 2.27. The maximum Gasteiger partial charge on any atom is 0.362 e. The third kappa shape index (κ3) is 2.79. The molecule has 0 aliphatic heterocycles. The molecule has 0 bridgehead atoms. The molecule has 0 unspecified atom stereocenters. The largest absolute Gasteiger partial charge is 0.504 e. The number of hydrogen-bond acceptors (Lipinski definition) is 7. The van der Waals surface area contributed by atoms with E-state index >= 15 is 0 Å². The summed E-state index contributed by atoms with van der Waals surface area (Å²) in [5.74, 6) is -1.91. The van der Waals surface area contributed by atoms with Gasteiger partial charge in [0, 0.05) is 6.20 Å². The highest BCUT2D eigenvalue weighted by atomic mass is 16.5. The van der Waals surface area contributed by atoms with Crippen LogP contribution in [0.25, 0.3) is 11.2 Å². The van der Waals surface area contributed by atoms with Gasteiger partial charge >= 0.3 is 11.9 Å². The molecule has 1 N–H and O–H groups in total. The van der Waals surface area contributed by atoms with Crippen molar-refractivity contribution in [3.8, 4) is 11.4 Å². The summed E-state index contributed by atoms with van der Waals surface area (Å²) in [6, 6.07) is 6.24. The van der Waals surface area contributed by atoms with E-state index in [0.717, 1.165) is 18.0 Å². The highest BCUT2D eigenvalue weighted by Crippen LogP contribution is 2.20. The van der Waals surface area contributed by atoms with Gasteiger partial charge in [-0.25, -0.2) is 14.3 Å². The lowest BCUT2D eigenvalue weighted by Crippen LogP contribution is -2.23. The molecule has 3 rings (SSSR count). The Hall–Kier alpha value is -3.62. The molecular formula is C17H15N3O6. The Morgan fingerprint density at radius 2 is 2.04 bits per heavy atom. The van der Waals surface area contributed by atoms with E-state index in [9.17, 15) is 19.5 Å². The molecule has 0 fully saturated rings. The van der Waals surface area contributed by atoms with Crippen LogP contribution in [-0.4, -0.2) is 44.9 Å². The van der Waals surface area contributed by atoms with Gasteiger partial charge in [0.1, 0.15) is 5.69 Å². The third-order valence-corrected chi connectivity index (χ3v) is 3.67. The van der Waals surface area contributed by atoms with Gasteiger partial charge in [-0.3, -0.25) is 9.20 Å². The maximum absolute atomic E-state index is 12.8. The average molecular weight is 357 g/mol. The molecule has 134 valence electrons. The monoisotopic (exact) mass is 357 g/mol. The second kappa shape index (κ2) is 6.71. The number of fused-ring (bicyclic) bond motifs is 1. The number of carbonyl (C=O) groups is 2. The number of hydrogen-bond donors (Lipinski definition) is 1. The minimum absolute atomic E-state index is 0.0396. The lowest BCUT2D eigenvalue weighted by atomic mass is 10.2. The molecule has 0 saturated carbocycles. The first-order valence-corrected chi connectivity index (χ1v) is 7.66. The second-order valence-electron chi connectivity index (χ2n) is 5.22. The summed E-state index contributed by atoms with van der Waals surface area (Å²) in [7, 11) is 1.14. The van der Waals surface area contributed by atoms with Crippen LogP contribution in [0.2, 0.25) is 0 Å². The number of ether oxygens (including phenoxy) is 2. The Bertz CT molecular complexity index is 1070. The van der Waals surface area contributed by atoms with Crippen LogP contribution in [0.15, 0.2) is 41.5 Å². The van der Waals surface area contributed by atoms with Crippen molar-refractivity contribution < 1.29 is 24.2 Å². The first-order chi connectivity index (χ1) is 12.5. The third-order valence-electron chi connectivity index (χ3n) is 3.67. The molecule has 0 aliphatic rings.